The molecule has 0 spiro atoms. The first-order chi connectivity index (χ1) is 15.3. The third-order valence-electron chi connectivity index (χ3n) is 5.26. The van der Waals surface area contributed by atoms with Gasteiger partial charge in [0.15, 0.2) is 0 Å². The second kappa shape index (κ2) is 8.55. The van der Waals surface area contributed by atoms with Crippen molar-refractivity contribution in [1.29, 1.82) is 0 Å². The maximum absolute atomic E-state index is 13.3. The van der Waals surface area contributed by atoms with Gasteiger partial charge in [-0.15, -0.1) is 0 Å². The van der Waals surface area contributed by atoms with Crippen LogP contribution in [0.15, 0.2) is 36.5 Å². The van der Waals surface area contributed by atoms with Crippen LogP contribution in [0.5, 0.6) is 5.75 Å². The number of amides is 1. The smallest absolute Gasteiger partial charge is 0.333 e. The Kier molecular flexibility index (Phi) is 5.80. The van der Waals surface area contributed by atoms with Gasteiger partial charge in [-0.1, -0.05) is 12.1 Å². The minimum atomic E-state index is -1.43. The molecule has 8 nitrogen and oxygen atoms in total. The van der Waals surface area contributed by atoms with Crippen LogP contribution in [0.25, 0.3) is 27.1 Å². The zero-order valence-corrected chi connectivity index (χ0v) is 18.1. The Hall–Kier alpha value is -3.51. The monoisotopic (exact) mass is 437 g/mol. The van der Waals surface area contributed by atoms with E-state index in [0.29, 0.717) is 41.1 Å². The molecule has 1 unspecified atom stereocenters. The maximum atomic E-state index is 13.3. The van der Waals surface area contributed by atoms with Crippen LogP contribution >= 0.6 is 0 Å². The number of hydrogen-bond acceptors (Lipinski definition) is 5. The Bertz CT molecular complexity index is 1190. The van der Waals surface area contributed by atoms with Crippen molar-refractivity contribution < 1.29 is 18.7 Å². The number of aromatic nitrogens is 3. The van der Waals surface area contributed by atoms with Gasteiger partial charge in [-0.25, -0.2) is 11.0 Å². The molecule has 0 saturated carbocycles. The number of halogens is 1. The summed E-state index contributed by atoms with van der Waals surface area (Å²) in [4.78, 5) is 21.0. The summed E-state index contributed by atoms with van der Waals surface area (Å²) in [5, 5.41) is 7.51. The van der Waals surface area contributed by atoms with Gasteiger partial charge in [0, 0.05) is 24.7 Å². The number of alkyl halides is 1. The van der Waals surface area contributed by atoms with Crippen molar-refractivity contribution in [2.75, 3.05) is 13.2 Å². The van der Waals surface area contributed by atoms with Crippen LogP contribution in [0.3, 0.4) is 0 Å². The lowest BCUT2D eigenvalue weighted by molar-refractivity contribution is 0.0860. The van der Waals surface area contributed by atoms with E-state index in [1.807, 2.05) is 19.9 Å². The van der Waals surface area contributed by atoms with Gasteiger partial charge in [0.05, 0.1) is 24.1 Å². The maximum Gasteiger partial charge on any atom is 0.333 e. The standard InChI is InChI=1S/C23H24FN5O3/c1-14(2)29-19-11-17(22(30)27-23(25-4)8-9-31-13-23)12-26-21(19)20(28-29)16-6-5-7-18(10-16)32-15(3)24/h5-7,10-12,14-15H,8-9,13H2,1-3H3,(H,27,30)/t15?,23-/m1/s1. The van der Waals surface area contributed by atoms with Crippen LogP contribution in [0.1, 0.15) is 43.6 Å². The van der Waals surface area contributed by atoms with E-state index in [2.05, 4.69) is 15.1 Å². The third-order valence-corrected chi connectivity index (χ3v) is 5.26. The van der Waals surface area contributed by atoms with Gasteiger partial charge in [-0.3, -0.25) is 24.6 Å². The molecule has 1 amide bonds. The summed E-state index contributed by atoms with van der Waals surface area (Å²) in [7, 11) is 0. The zero-order valence-electron chi connectivity index (χ0n) is 18.1. The van der Waals surface area contributed by atoms with Gasteiger partial charge >= 0.3 is 5.66 Å². The first-order valence-electron chi connectivity index (χ1n) is 10.4. The molecule has 1 N–H and O–H groups in total. The fourth-order valence-electron chi connectivity index (χ4n) is 3.69. The van der Waals surface area contributed by atoms with E-state index in [4.69, 9.17) is 21.1 Å². The molecule has 2 atom stereocenters. The zero-order chi connectivity index (χ0) is 22.9. The number of benzene rings is 1. The highest BCUT2D eigenvalue weighted by Crippen LogP contribution is 2.31. The summed E-state index contributed by atoms with van der Waals surface area (Å²) in [5.74, 6) is 0.00950. The number of rotatable bonds is 6. The van der Waals surface area contributed by atoms with Crippen molar-refractivity contribution in [2.45, 2.75) is 45.3 Å². The first kappa shape index (κ1) is 21.7. The predicted octanol–water partition coefficient (Wildman–Crippen LogP) is 4.14. The second-order valence-corrected chi connectivity index (χ2v) is 8.07. The number of pyridine rings is 1. The van der Waals surface area contributed by atoms with Gasteiger partial charge in [0.25, 0.3) is 5.91 Å². The Morgan fingerprint density at radius 3 is 2.84 bits per heavy atom. The summed E-state index contributed by atoms with van der Waals surface area (Å²) >= 11 is 0. The van der Waals surface area contributed by atoms with E-state index in [1.165, 1.54) is 13.1 Å². The summed E-state index contributed by atoms with van der Waals surface area (Å²) in [6.07, 6.45) is 0.491. The van der Waals surface area contributed by atoms with E-state index in [-0.39, 0.29) is 18.6 Å². The minimum Gasteiger partial charge on any atom is -0.461 e. The lowest BCUT2D eigenvalue weighted by Gasteiger charge is -2.16. The van der Waals surface area contributed by atoms with Crippen LogP contribution in [-0.2, 0) is 4.74 Å². The molecule has 0 aliphatic carbocycles. The van der Waals surface area contributed by atoms with Crippen LogP contribution < -0.4 is 10.1 Å². The van der Waals surface area contributed by atoms with Crippen LogP contribution in [-0.4, -0.2) is 45.9 Å². The molecule has 2 aromatic heterocycles. The van der Waals surface area contributed by atoms with Crippen LogP contribution in [0, 0.1) is 6.57 Å². The van der Waals surface area contributed by atoms with E-state index in [9.17, 15) is 9.18 Å². The largest absolute Gasteiger partial charge is 0.461 e. The van der Waals surface area contributed by atoms with Crippen molar-refractivity contribution in [1.82, 2.24) is 20.1 Å². The molecule has 9 heteroatoms. The van der Waals surface area contributed by atoms with Gasteiger partial charge in [-0.2, -0.15) is 5.10 Å². The molecule has 3 heterocycles. The molecule has 166 valence electrons. The molecule has 32 heavy (non-hydrogen) atoms. The Morgan fingerprint density at radius 1 is 1.38 bits per heavy atom. The Balaban J connectivity index is 1.73. The van der Waals surface area contributed by atoms with E-state index < -0.39 is 12.0 Å². The summed E-state index contributed by atoms with van der Waals surface area (Å²) < 4.78 is 25.5. The van der Waals surface area contributed by atoms with Gasteiger partial charge in [-0.05, 0) is 32.0 Å². The molecule has 3 aromatic rings. The molecule has 1 aromatic carbocycles. The molecule has 1 aliphatic rings. The van der Waals surface area contributed by atoms with Gasteiger partial charge in [0.2, 0.25) is 6.36 Å². The average molecular weight is 437 g/mol. The van der Waals surface area contributed by atoms with E-state index in [0.717, 1.165) is 5.56 Å². The SMILES string of the molecule is [C-]#[N+][C@@]1(NC(=O)c2cnc3c(-c4cccc(OC(C)F)c4)nn(C(C)C)c3c2)CCOC1. The average Bonchev–Trinajstić information content (AvgIpc) is 3.38. The number of hydrogen-bond donors (Lipinski definition) is 1. The quantitative estimate of drug-likeness (QED) is 0.586. The second-order valence-electron chi connectivity index (χ2n) is 8.07. The fourth-order valence-corrected chi connectivity index (χ4v) is 3.69. The minimum absolute atomic E-state index is 0.00877. The van der Waals surface area contributed by atoms with Crippen molar-refractivity contribution in [2.24, 2.45) is 0 Å². The number of carbonyl (C=O) groups excluding carboxylic acids is 1. The van der Waals surface area contributed by atoms with Crippen molar-refractivity contribution in [3.8, 4) is 17.0 Å². The molecule has 0 radical (unpaired) electrons. The predicted molar refractivity (Wildman–Crippen MR) is 117 cm³/mol. The van der Waals surface area contributed by atoms with Crippen LogP contribution in [0.4, 0.5) is 4.39 Å². The highest BCUT2D eigenvalue weighted by atomic mass is 19.1. The highest BCUT2D eigenvalue weighted by Gasteiger charge is 2.43. The van der Waals surface area contributed by atoms with Crippen molar-refractivity contribution in [3.05, 3.63) is 53.5 Å². The van der Waals surface area contributed by atoms with Crippen LogP contribution in [0.2, 0.25) is 0 Å². The molecule has 1 fully saturated rings. The molecular weight excluding hydrogens is 413 g/mol. The number of nitrogens with zero attached hydrogens (tertiary/aromatic N) is 4. The van der Waals surface area contributed by atoms with Crippen molar-refractivity contribution >= 4 is 16.9 Å². The van der Waals surface area contributed by atoms with E-state index >= 15 is 0 Å². The fraction of sp³-hybridized carbons (Fsp3) is 0.391. The lowest BCUT2D eigenvalue weighted by atomic mass is 10.1. The van der Waals surface area contributed by atoms with E-state index in [1.54, 1.807) is 28.9 Å². The summed E-state index contributed by atoms with van der Waals surface area (Å²) in [6, 6.07) is 8.74. The molecule has 1 aliphatic heterocycles. The Labute approximate surface area is 185 Å². The van der Waals surface area contributed by atoms with Gasteiger partial charge in [0.1, 0.15) is 23.6 Å². The molecule has 4 rings (SSSR count). The van der Waals surface area contributed by atoms with Crippen molar-refractivity contribution in [3.63, 3.8) is 0 Å². The summed E-state index contributed by atoms with van der Waals surface area (Å²) in [6.45, 7) is 13.3. The summed E-state index contributed by atoms with van der Waals surface area (Å²) in [5.41, 5.74) is 1.94. The number of ether oxygens (including phenoxy) is 2. The normalized spacial score (nSPS) is 19.1. The Morgan fingerprint density at radius 2 is 2.19 bits per heavy atom. The molecule has 0 bridgehead atoms. The molecular formula is C23H24FN5O3. The number of carbonyl (C=O) groups is 1. The third kappa shape index (κ3) is 4.14. The topological polar surface area (TPSA) is 82.6 Å². The van der Waals surface area contributed by atoms with Gasteiger partial charge < -0.3 is 9.47 Å². The highest BCUT2D eigenvalue weighted by molar-refractivity contribution is 5.99. The first-order valence-corrected chi connectivity index (χ1v) is 10.4. The lowest BCUT2D eigenvalue weighted by Crippen LogP contribution is -2.46. The number of nitrogens with one attached hydrogen (secondary N) is 1. The molecule has 1 saturated heterocycles. The number of fused-ring (bicyclic) bond motifs is 1.